The molecule has 0 aliphatic carbocycles. The van der Waals surface area contributed by atoms with E-state index in [1.807, 2.05) is 0 Å². The van der Waals surface area contributed by atoms with E-state index in [0.29, 0.717) is 26.1 Å². The van der Waals surface area contributed by atoms with Gasteiger partial charge in [0.25, 0.3) is 0 Å². The van der Waals surface area contributed by atoms with Crippen molar-refractivity contribution in [2.45, 2.75) is 18.9 Å². The quantitative estimate of drug-likeness (QED) is 0.569. The Balaban J connectivity index is 2.51. The Morgan fingerprint density at radius 2 is 1.89 bits per heavy atom. The first kappa shape index (κ1) is 14.2. The van der Waals surface area contributed by atoms with Crippen molar-refractivity contribution in [3.63, 3.8) is 0 Å². The summed E-state index contributed by atoms with van der Waals surface area (Å²) in [5, 5.41) is 11.3. The number of amides is 3. The molecule has 102 valence electrons. The number of primary amides is 1. The molecule has 4 N–H and O–H groups in total. The molecule has 0 aromatic heterocycles. The number of carbonyl (C=O) groups excluding carboxylic acids is 2. The van der Waals surface area contributed by atoms with Gasteiger partial charge in [0.15, 0.2) is 0 Å². The lowest BCUT2D eigenvalue weighted by Gasteiger charge is -2.27. The van der Waals surface area contributed by atoms with Crippen LogP contribution in [0.25, 0.3) is 0 Å². The predicted molar refractivity (Wildman–Crippen MR) is 60.8 cm³/mol. The number of ether oxygens (including phenoxy) is 1. The SMILES string of the molecule is NC(=O)CN(CC(=O)O)C(=O)NC1CCOCC1. The van der Waals surface area contributed by atoms with E-state index in [1.54, 1.807) is 0 Å². The maximum Gasteiger partial charge on any atom is 0.323 e. The van der Waals surface area contributed by atoms with Crippen LogP contribution in [0.2, 0.25) is 0 Å². The fraction of sp³-hybridized carbons (Fsp3) is 0.700. The number of hydrogen-bond donors (Lipinski definition) is 3. The van der Waals surface area contributed by atoms with E-state index >= 15 is 0 Å². The molecule has 1 rings (SSSR count). The van der Waals surface area contributed by atoms with Gasteiger partial charge in [-0.2, -0.15) is 0 Å². The number of nitrogens with two attached hydrogens (primary N) is 1. The van der Waals surface area contributed by atoms with E-state index in [0.717, 1.165) is 4.90 Å². The highest BCUT2D eigenvalue weighted by Crippen LogP contribution is 2.06. The molecule has 8 heteroatoms. The summed E-state index contributed by atoms with van der Waals surface area (Å²) < 4.78 is 5.14. The van der Waals surface area contributed by atoms with Crippen molar-refractivity contribution in [3.8, 4) is 0 Å². The minimum atomic E-state index is -1.20. The Morgan fingerprint density at radius 3 is 2.39 bits per heavy atom. The number of nitrogens with one attached hydrogen (secondary N) is 1. The van der Waals surface area contributed by atoms with Gasteiger partial charge >= 0.3 is 12.0 Å². The number of urea groups is 1. The number of carbonyl (C=O) groups is 3. The van der Waals surface area contributed by atoms with E-state index in [9.17, 15) is 14.4 Å². The molecule has 0 aromatic carbocycles. The Bertz CT molecular complexity index is 311. The highest BCUT2D eigenvalue weighted by atomic mass is 16.5. The van der Waals surface area contributed by atoms with E-state index in [4.69, 9.17) is 15.6 Å². The maximum atomic E-state index is 11.8. The number of nitrogens with zero attached hydrogens (tertiary/aromatic N) is 1. The van der Waals surface area contributed by atoms with Crippen molar-refractivity contribution in [3.05, 3.63) is 0 Å². The smallest absolute Gasteiger partial charge is 0.323 e. The van der Waals surface area contributed by atoms with Gasteiger partial charge in [-0.25, -0.2) is 4.79 Å². The first-order chi connectivity index (χ1) is 8.49. The molecule has 0 radical (unpaired) electrons. The van der Waals surface area contributed by atoms with Crippen LogP contribution in [0.3, 0.4) is 0 Å². The molecule has 1 aliphatic heterocycles. The molecule has 1 heterocycles. The molecule has 3 amide bonds. The number of carboxylic acids is 1. The van der Waals surface area contributed by atoms with Gasteiger partial charge in [-0.05, 0) is 12.8 Å². The van der Waals surface area contributed by atoms with Crippen molar-refractivity contribution < 1.29 is 24.2 Å². The Morgan fingerprint density at radius 1 is 1.28 bits per heavy atom. The normalized spacial score (nSPS) is 16.0. The molecule has 0 bridgehead atoms. The molecule has 8 nitrogen and oxygen atoms in total. The average molecular weight is 259 g/mol. The van der Waals surface area contributed by atoms with E-state index in [1.165, 1.54) is 0 Å². The summed E-state index contributed by atoms with van der Waals surface area (Å²) in [5.74, 6) is -1.95. The lowest BCUT2D eigenvalue weighted by molar-refractivity contribution is -0.137. The minimum absolute atomic E-state index is 0.0598. The molecule has 1 saturated heterocycles. The number of aliphatic carboxylic acids is 1. The van der Waals surface area contributed by atoms with Gasteiger partial charge in [0.1, 0.15) is 13.1 Å². The maximum absolute atomic E-state index is 11.8. The highest BCUT2D eigenvalue weighted by molar-refractivity contribution is 5.86. The molecular weight excluding hydrogens is 242 g/mol. The van der Waals surface area contributed by atoms with Gasteiger partial charge in [-0.15, -0.1) is 0 Å². The van der Waals surface area contributed by atoms with Crippen molar-refractivity contribution in [2.75, 3.05) is 26.3 Å². The summed E-state index contributed by atoms with van der Waals surface area (Å²) >= 11 is 0. The summed E-state index contributed by atoms with van der Waals surface area (Å²) in [6.07, 6.45) is 1.34. The molecule has 1 aliphatic rings. The summed E-state index contributed by atoms with van der Waals surface area (Å²) in [6.45, 7) is 0.138. The zero-order valence-corrected chi connectivity index (χ0v) is 9.92. The summed E-state index contributed by atoms with van der Waals surface area (Å²) in [7, 11) is 0. The van der Waals surface area contributed by atoms with Crippen LogP contribution in [0.5, 0.6) is 0 Å². The zero-order chi connectivity index (χ0) is 13.5. The fourth-order valence-electron chi connectivity index (χ4n) is 1.66. The lowest BCUT2D eigenvalue weighted by atomic mass is 10.1. The molecule has 0 saturated carbocycles. The van der Waals surface area contributed by atoms with Crippen LogP contribution in [0.1, 0.15) is 12.8 Å². The summed E-state index contributed by atoms with van der Waals surface area (Å²) in [5.41, 5.74) is 4.97. The van der Waals surface area contributed by atoms with E-state index < -0.39 is 31.0 Å². The standard InChI is InChI=1S/C10H17N3O5/c11-8(14)5-13(6-9(15)16)10(17)12-7-1-3-18-4-2-7/h7H,1-6H2,(H2,11,14)(H,12,17)(H,15,16). The Kier molecular flexibility index (Phi) is 5.37. The van der Waals surface area contributed by atoms with Gasteiger partial charge in [-0.3, -0.25) is 9.59 Å². The van der Waals surface area contributed by atoms with Crippen LogP contribution in [-0.4, -0.2) is 60.3 Å². The number of hydrogen-bond acceptors (Lipinski definition) is 4. The monoisotopic (exact) mass is 259 g/mol. The number of rotatable bonds is 5. The molecule has 1 fully saturated rings. The second kappa shape index (κ2) is 6.80. The van der Waals surface area contributed by atoms with Gasteiger partial charge in [0.05, 0.1) is 0 Å². The zero-order valence-electron chi connectivity index (χ0n) is 9.92. The second-order valence-corrected chi connectivity index (χ2v) is 4.05. The number of carboxylic acid groups (broad SMARTS) is 1. The lowest BCUT2D eigenvalue weighted by Crippen LogP contribution is -2.50. The first-order valence-corrected chi connectivity index (χ1v) is 5.62. The third-order valence-electron chi connectivity index (χ3n) is 2.51. The topological polar surface area (TPSA) is 122 Å². The van der Waals surface area contributed by atoms with Crippen LogP contribution >= 0.6 is 0 Å². The average Bonchev–Trinajstić information content (AvgIpc) is 2.28. The molecule has 18 heavy (non-hydrogen) atoms. The molecule has 0 atom stereocenters. The fourth-order valence-corrected chi connectivity index (χ4v) is 1.66. The molecular formula is C10H17N3O5. The largest absolute Gasteiger partial charge is 0.480 e. The van der Waals surface area contributed by atoms with Crippen molar-refractivity contribution in [2.24, 2.45) is 5.73 Å². The van der Waals surface area contributed by atoms with Gasteiger partial charge in [0, 0.05) is 19.3 Å². The van der Waals surface area contributed by atoms with E-state index in [2.05, 4.69) is 5.32 Å². The minimum Gasteiger partial charge on any atom is -0.480 e. The van der Waals surface area contributed by atoms with Crippen molar-refractivity contribution in [1.82, 2.24) is 10.2 Å². The predicted octanol–water partition coefficient (Wildman–Crippen LogP) is -1.25. The van der Waals surface area contributed by atoms with Gasteiger partial charge in [-0.1, -0.05) is 0 Å². The van der Waals surface area contributed by atoms with Gasteiger partial charge < -0.3 is 25.8 Å². The van der Waals surface area contributed by atoms with Crippen LogP contribution in [0.15, 0.2) is 0 Å². The third kappa shape index (κ3) is 5.00. The highest BCUT2D eigenvalue weighted by Gasteiger charge is 2.22. The van der Waals surface area contributed by atoms with Crippen LogP contribution < -0.4 is 11.1 Å². The first-order valence-electron chi connectivity index (χ1n) is 5.62. The third-order valence-corrected chi connectivity index (χ3v) is 2.51. The second-order valence-electron chi connectivity index (χ2n) is 4.05. The molecule has 0 spiro atoms. The molecule has 0 aromatic rings. The Labute approximate surface area is 104 Å². The Hall–Kier alpha value is -1.83. The summed E-state index contributed by atoms with van der Waals surface area (Å²) in [4.78, 5) is 34.0. The van der Waals surface area contributed by atoms with Crippen molar-refractivity contribution in [1.29, 1.82) is 0 Å². The van der Waals surface area contributed by atoms with Crippen LogP contribution in [-0.2, 0) is 14.3 Å². The molecule has 0 unspecified atom stereocenters. The van der Waals surface area contributed by atoms with Crippen LogP contribution in [0.4, 0.5) is 4.79 Å². The van der Waals surface area contributed by atoms with Gasteiger partial charge in [0.2, 0.25) is 5.91 Å². The summed E-state index contributed by atoms with van der Waals surface area (Å²) in [6, 6.07) is -0.654. The van der Waals surface area contributed by atoms with Crippen LogP contribution in [0, 0.1) is 0 Å². The van der Waals surface area contributed by atoms with E-state index in [-0.39, 0.29) is 6.04 Å². The van der Waals surface area contributed by atoms with Crippen molar-refractivity contribution >= 4 is 17.9 Å².